The summed E-state index contributed by atoms with van der Waals surface area (Å²) in [5, 5.41) is 4.19. The van der Waals surface area contributed by atoms with E-state index in [-0.39, 0.29) is 10.8 Å². The Morgan fingerprint density at radius 2 is 2.25 bits per heavy atom. The summed E-state index contributed by atoms with van der Waals surface area (Å²) >= 11 is 5.37. The van der Waals surface area contributed by atoms with Crippen molar-refractivity contribution in [1.82, 2.24) is 15.2 Å². The van der Waals surface area contributed by atoms with E-state index in [1.54, 1.807) is 6.20 Å². The zero-order valence-corrected chi connectivity index (χ0v) is 12.5. The number of nitrogens with one attached hydrogen (secondary N) is 1. The molecule has 0 spiro atoms. The number of aryl methyl sites for hydroxylation is 1. The van der Waals surface area contributed by atoms with E-state index >= 15 is 0 Å². The number of thioether (sulfide) groups is 1. The van der Waals surface area contributed by atoms with Crippen LogP contribution in [-0.4, -0.2) is 20.3 Å². The summed E-state index contributed by atoms with van der Waals surface area (Å²) in [7, 11) is 1.92. The van der Waals surface area contributed by atoms with Crippen molar-refractivity contribution in [3.05, 3.63) is 16.4 Å². The van der Waals surface area contributed by atoms with Gasteiger partial charge in [-0.2, -0.15) is 16.9 Å². The Bertz CT molecular complexity index is 326. The zero-order valence-electron chi connectivity index (χ0n) is 10.1. The molecule has 1 rings (SSSR count). The van der Waals surface area contributed by atoms with Gasteiger partial charge < -0.3 is 0 Å². The molecule has 1 unspecified atom stereocenters. The van der Waals surface area contributed by atoms with E-state index in [1.165, 1.54) is 0 Å². The number of hydrazine groups is 1. The molecule has 4 nitrogen and oxygen atoms in total. The van der Waals surface area contributed by atoms with Gasteiger partial charge in [-0.3, -0.25) is 16.0 Å². The quantitative estimate of drug-likeness (QED) is 0.661. The molecule has 0 saturated carbocycles. The number of halogens is 1. The third-order valence-electron chi connectivity index (χ3n) is 2.15. The van der Waals surface area contributed by atoms with Gasteiger partial charge in [0.25, 0.3) is 0 Å². The van der Waals surface area contributed by atoms with Gasteiger partial charge in [-0.1, -0.05) is 20.8 Å². The standard InChI is InChI=1S/C10H19BrN4S/c1-10(2,3)16-6-8(14-12)9-7(11)5-13-15(9)4/h5,8,14H,6,12H2,1-4H3. The summed E-state index contributed by atoms with van der Waals surface area (Å²) in [6.45, 7) is 6.59. The monoisotopic (exact) mass is 306 g/mol. The predicted octanol–water partition coefficient (Wildman–Crippen LogP) is 2.22. The van der Waals surface area contributed by atoms with E-state index < -0.39 is 0 Å². The molecular weight excluding hydrogens is 288 g/mol. The lowest BCUT2D eigenvalue weighted by Gasteiger charge is -2.23. The fraction of sp³-hybridized carbons (Fsp3) is 0.700. The molecule has 0 saturated heterocycles. The molecule has 1 aromatic heterocycles. The molecular formula is C10H19BrN4S. The van der Waals surface area contributed by atoms with E-state index in [0.29, 0.717) is 0 Å². The molecule has 1 heterocycles. The van der Waals surface area contributed by atoms with Crippen molar-refractivity contribution in [2.45, 2.75) is 31.6 Å². The summed E-state index contributed by atoms with van der Waals surface area (Å²) in [6, 6.07) is 0.103. The Morgan fingerprint density at radius 3 is 2.62 bits per heavy atom. The second kappa shape index (κ2) is 5.53. The van der Waals surface area contributed by atoms with Crippen LogP contribution in [-0.2, 0) is 7.05 Å². The molecule has 0 amide bonds. The average Bonchev–Trinajstić information content (AvgIpc) is 2.48. The van der Waals surface area contributed by atoms with Gasteiger partial charge in [0.15, 0.2) is 0 Å². The average molecular weight is 307 g/mol. The van der Waals surface area contributed by atoms with E-state index in [0.717, 1.165) is 15.9 Å². The third-order valence-corrected chi connectivity index (χ3v) is 4.13. The van der Waals surface area contributed by atoms with Gasteiger partial charge in [0.1, 0.15) is 0 Å². The van der Waals surface area contributed by atoms with Crippen molar-refractivity contribution < 1.29 is 0 Å². The number of nitrogens with zero attached hydrogens (tertiary/aromatic N) is 2. The van der Waals surface area contributed by atoms with Crippen molar-refractivity contribution in [2.24, 2.45) is 12.9 Å². The van der Waals surface area contributed by atoms with Crippen molar-refractivity contribution >= 4 is 27.7 Å². The minimum atomic E-state index is 0.103. The summed E-state index contributed by atoms with van der Waals surface area (Å²) in [6.07, 6.45) is 1.79. The van der Waals surface area contributed by atoms with Gasteiger partial charge >= 0.3 is 0 Å². The van der Waals surface area contributed by atoms with Crippen LogP contribution in [0.15, 0.2) is 10.7 Å². The minimum absolute atomic E-state index is 0.103. The highest BCUT2D eigenvalue weighted by Crippen LogP contribution is 2.30. The highest BCUT2D eigenvalue weighted by Gasteiger charge is 2.20. The second-order valence-electron chi connectivity index (χ2n) is 4.64. The summed E-state index contributed by atoms with van der Waals surface area (Å²) in [5.74, 6) is 6.52. The van der Waals surface area contributed by atoms with Gasteiger partial charge in [-0.05, 0) is 15.9 Å². The number of hydrogen-bond donors (Lipinski definition) is 2. The first-order valence-electron chi connectivity index (χ1n) is 5.12. The van der Waals surface area contributed by atoms with Crippen molar-refractivity contribution in [2.75, 3.05) is 5.75 Å². The summed E-state index contributed by atoms with van der Waals surface area (Å²) in [5.41, 5.74) is 3.93. The van der Waals surface area contributed by atoms with Crippen LogP contribution in [0.4, 0.5) is 0 Å². The molecule has 92 valence electrons. The van der Waals surface area contributed by atoms with E-state index in [1.807, 2.05) is 23.5 Å². The second-order valence-corrected chi connectivity index (χ2v) is 7.35. The van der Waals surface area contributed by atoms with Crippen molar-refractivity contribution in [3.63, 3.8) is 0 Å². The molecule has 1 aromatic rings. The SMILES string of the molecule is Cn1ncc(Br)c1C(CSC(C)(C)C)NN. The van der Waals surface area contributed by atoms with Gasteiger partial charge in [-0.15, -0.1) is 0 Å². The number of aromatic nitrogens is 2. The first-order chi connectivity index (χ1) is 7.35. The molecule has 0 aliphatic carbocycles. The molecule has 0 bridgehead atoms. The van der Waals surface area contributed by atoms with Crippen molar-refractivity contribution in [3.8, 4) is 0 Å². The van der Waals surface area contributed by atoms with Crippen LogP contribution in [0.5, 0.6) is 0 Å². The first kappa shape index (κ1) is 14.0. The number of hydrogen-bond acceptors (Lipinski definition) is 4. The van der Waals surface area contributed by atoms with Crippen LogP contribution in [0.2, 0.25) is 0 Å². The highest BCUT2D eigenvalue weighted by atomic mass is 79.9. The maximum atomic E-state index is 5.61. The predicted molar refractivity (Wildman–Crippen MR) is 73.2 cm³/mol. The molecule has 6 heteroatoms. The first-order valence-corrected chi connectivity index (χ1v) is 6.90. The van der Waals surface area contributed by atoms with Crippen LogP contribution in [0.1, 0.15) is 32.5 Å². The lowest BCUT2D eigenvalue weighted by Crippen LogP contribution is -2.32. The van der Waals surface area contributed by atoms with Crippen LogP contribution in [0.25, 0.3) is 0 Å². The Hall–Kier alpha value is -0.0400. The fourth-order valence-electron chi connectivity index (χ4n) is 1.35. The molecule has 0 aromatic carbocycles. The normalized spacial score (nSPS) is 14.1. The highest BCUT2D eigenvalue weighted by molar-refractivity contribution is 9.10. The Morgan fingerprint density at radius 1 is 1.62 bits per heavy atom. The maximum absolute atomic E-state index is 5.61. The smallest absolute Gasteiger partial charge is 0.0730 e. The molecule has 0 aliphatic heterocycles. The van der Waals surface area contributed by atoms with Crippen LogP contribution in [0.3, 0.4) is 0 Å². The molecule has 0 aliphatic rings. The van der Waals surface area contributed by atoms with E-state index in [4.69, 9.17) is 5.84 Å². The third kappa shape index (κ3) is 3.76. The van der Waals surface area contributed by atoms with Crippen molar-refractivity contribution in [1.29, 1.82) is 0 Å². The van der Waals surface area contributed by atoms with Crippen LogP contribution >= 0.6 is 27.7 Å². The van der Waals surface area contributed by atoms with Crippen LogP contribution < -0.4 is 11.3 Å². The summed E-state index contributed by atoms with van der Waals surface area (Å²) in [4.78, 5) is 0. The zero-order chi connectivity index (χ0) is 12.3. The van der Waals surface area contributed by atoms with E-state index in [9.17, 15) is 0 Å². The molecule has 1 atom stereocenters. The topological polar surface area (TPSA) is 55.9 Å². The van der Waals surface area contributed by atoms with Gasteiger partial charge in [0.05, 0.1) is 22.4 Å². The largest absolute Gasteiger partial charge is 0.271 e. The molecule has 0 radical (unpaired) electrons. The minimum Gasteiger partial charge on any atom is -0.271 e. The Kier molecular flexibility index (Phi) is 4.85. The Labute approximate surface area is 109 Å². The molecule has 3 N–H and O–H groups in total. The van der Waals surface area contributed by atoms with Gasteiger partial charge in [-0.25, -0.2) is 0 Å². The lowest BCUT2D eigenvalue weighted by atomic mass is 10.2. The Balaban J connectivity index is 2.75. The lowest BCUT2D eigenvalue weighted by molar-refractivity contribution is 0.551. The summed E-state index contributed by atoms with van der Waals surface area (Å²) < 4.78 is 3.07. The van der Waals surface area contributed by atoms with Gasteiger partial charge in [0, 0.05) is 17.5 Å². The maximum Gasteiger partial charge on any atom is 0.0730 e. The molecule has 0 fully saturated rings. The fourth-order valence-corrected chi connectivity index (χ4v) is 2.90. The number of nitrogens with two attached hydrogens (primary N) is 1. The molecule has 16 heavy (non-hydrogen) atoms. The van der Waals surface area contributed by atoms with Crippen LogP contribution in [0, 0.1) is 0 Å². The van der Waals surface area contributed by atoms with E-state index in [2.05, 4.69) is 47.2 Å². The van der Waals surface area contributed by atoms with Gasteiger partial charge in [0.2, 0.25) is 0 Å². The number of rotatable bonds is 4.